The van der Waals surface area contributed by atoms with Gasteiger partial charge in [0.05, 0.1) is 15.8 Å². The highest BCUT2D eigenvalue weighted by Crippen LogP contribution is 2.30. The summed E-state index contributed by atoms with van der Waals surface area (Å²) in [7, 11) is -3.83. The van der Waals surface area contributed by atoms with Gasteiger partial charge in [0.1, 0.15) is 0 Å². The SMILES string of the molecule is O=S(=O)(NCCCCN1CCN(c2noc3ccccc23)CC1)c1ccc(C(F)(F)F)cc1. The first-order valence-electron chi connectivity index (χ1n) is 10.7. The number of anilines is 1. The Hall–Kier alpha value is -2.63. The molecule has 2 aromatic carbocycles. The van der Waals surface area contributed by atoms with Crippen LogP contribution < -0.4 is 9.62 Å². The van der Waals surface area contributed by atoms with Crippen LogP contribution in [0.15, 0.2) is 57.9 Å². The van der Waals surface area contributed by atoms with E-state index in [1.165, 1.54) is 0 Å². The van der Waals surface area contributed by atoms with E-state index in [0.717, 1.165) is 80.2 Å². The van der Waals surface area contributed by atoms with Gasteiger partial charge in [-0.2, -0.15) is 13.2 Å². The average Bonchev–Trinajstić information content (AvgIpc) is 3.23. The second-order valence-corrected chi connectivity index (χ2v) is 9.73. The zero-order chi connectivity index (χ0) is 23.5. The van der Waals surface area contributed by atoms with E-state index in [-0.39, 0.29) is 11.4 Å². The van der Waals surface area contributed by atoms with Gasteiger partial charge in [-0.1, -0.05) is 17.3 Å². The Labute approximate surface area is 190 Å². The number of alkyl halides is 3. The molecule has 1 aliphatic rings. The predicted molar refractivity (Wildman–Crippen MR) is 119 cm³/mol. The lowest BCUT2D eigenvalue weighted by atomic mass is 10.2. The smallest absolute Gasteiger partial charge is 0.354 e. The Bertz CT molecular complexity index is 1170. The monoisotopic (exact) mass is 482 g/mol. The molecular formula is C22H25F3N4O3S. The minimum absolute atomic E-state index is 0.174. The number of nitrogens with zero attached hydrogens (tertiary/aromatic N) is 3. The van der Waals surface area contributed by atoms with Gasteiger partial charge in [-0.3, -0.25) is 4.90 Å². The van der Waals surface area contributed by atoms with Crippen LogP contribution >= 0.6 is 0 Å². The Kier molecular flexibility index (Phi) is 6.91. The van der Waals surface area contributed by atoms with Crippen molar-refractivity contribution in [2.45, 2.75) is 23.9 Å². The van der Waals surface area contributed by atoms with Crippen molar-refractivity contribution in [2.24, 2.45) is 0 Å². The molecule has 0 bridgehead atoms. The van der Waals surface area contributed by atoms with Gasteiger partial charge in [0, 0.05) is 32.7 Å². The summed E-state index contributed by atoms with van der Waals surface area (Å²) >= 11 is 0. The minimum Gasteiger partial charge on any atom is -0.354 e. The maximum atomic E-state index is 12.6. The molecule has 33 heavy (non-hydrogen) atoms. The van der Waals surface area contributed by atoms with Gasteiger partial charge >= 0.3 is 6.18 Å². The Morgan fingerprint density at radius 3 is 2.36 bits per heavy atom. The Balaban J connectivity index is 1.18. The third kappa shape index (κ3) is 5.66. The van der Waals surface area contributed by atoms with Crippen LogP contribution in [-0.4, -0.2) is 57.7 Å². The molecule has 1 fully saturated rings. The van der Waals surface area contributed by atoms with Crippen molar-refractivity contribution in [3.05, 3.63) is 54.1 Å². The maximum absolute atomic E-state index is 12.6. The van der Waals surface area contributed by atoms with Crippen LogP contribution in [0.4, 0.5) is 19.0 Å². The number of halogens is 3. The molecule has 178 valence electrons. The highest BCUT2D eigenvalue weighted by Gasteiger charge is 2.30. The van der Waals surface area contributed by atoms with E-state index in [0.29, 0.717) is 6.42 Å². The molecule has 0 radical (unpaired) electrons. The van der Waals surface area contributed by atoms with Gasteiger partial charge in [0.25, 0.3) is 0 Å². The number of hydrogen-bond donors (Lipinski definition) is 1. The third-order valence-corrected chi connectivity index (χ3v) is 7.19. The number of benzene rings is 2. The van der Waals surface area contributed by atoms with Crippen molar-refractivity contribution in [3.8, 4) is 0 Å². The summed E-state index contributed by atoms with van der Waals surface area (Å²) in [4.78, 5) is 4.36. The molecular weight excluding hydrogens is 457 g/mol. The van der Waals surface area contributed by atoms with Gasteiger partial charge in [-0.05, 0) is 55.8 Å². The molecule has 1 saturated heterocycles. The molecule has 0 spiro atoms. The fraction of sp³-hybridized carbons (Fsp3) is 0.409. The van der Waals surface area contributed by atoms with E-state index in [1.807, 2.05) is 24.3 Å². The summed E-state index contributed by atoms with van der Waals surface area (Å²) in [6, 6.07) is 11.3. The summed E-state index contributed by atoms with van der Waals surface area (Å²) in [6.45, 7) is 4.48. The molecule has 1 aliphatic heterocycles. The summed E-state index contributed by atoms with van der Waals surface area (Å²) in [5, 5.41) is 5.21. The van der Waals surface area contributed by atoms with Crippen LogP contribution in [0.5, 0.6) is 0 Å². The normalized spacial score (nSPS) is 15.9. The van der Waals surface area contributed by atoms with Crippen LogP contribution in [0, 0.1) is 0 Å². The molecule has 3 aromatic rings. The lowest BCUT2D eigenvalue weighted by Gasteiger charge is -2.34. The quantitative estimate of drug-likeness (QED) is 0.493. The van der Waals surface area contributed by atoms with Crippen molar-refractivity contribution in [1.82, 2.24) is 14.8 Å². The van der Waals surface area contributed by atoms with Crippen molar-refractivity contribution >= 4 is 26.8 Å². The number of aromatic nitrogens is 1. The van der Waals surface area contributed by atoms with Crippen LogP contribution in [0.3, 0.4) is 0 Å². The second-order valence-electron chi connectivity index (χ2n) is 7.96. The van der Waals surface area contributed by atoms with E-state index in [1.54, 1.807) is 0 Å². The molecule has 11 heteroatoms. The van der Waals surface area contributed by atoms with E-state index in [9.17, 15) is 21.6 Å². The molecule has 0 unspecified atom stereocenters. The first-order valence-corrected chi connectivity index (χ1v) is 12.2. The van der Waals surface area contributed by atoms with Gasteiger partial charge in [-0.15, -0.1) is 0 Å². The van der Waals surface area contributed by atoms with E-state index < -0.39 is 21.8 Å². The number of hydrogen-bond acceptors (Lipinski definition) is 6. The highest BCUT2D eigenvalue weighted by molar-refractivity contribution is 7.89. The average molecular weight is 483 g/mol. The molecule has 7 nitrogen and oxygen atoms in total. The fourth-order valence-corrected chi connectivity index (χ4v) is 4.93. The van der Waals surface area contributed by atoms with Crippen molar-refractivity contribution in [2.75, 3.05) is 44.2 Å². The Morgan fingerprint density at radius 2 is 1.67 bits per heavy atom. The third-order valence-electron chi connectivity index (χ3n) is 5.72. The van der Waals surface area contributed by atoms with Gasteiger partial charge in [0.15, 0.2) is 11.4 Å². The number of unbranched alkanes of at least 4 members (excludes halogenated alkanes) is 1. The fourth-order valence-electron chi connectivity index (χ4n) is 3.86. The number of para-hydroxylation sites is 1. The van der Waals surface area contributed by atoms with E-state index >= 15 is 0 Å². The molecule has 2 heterocycles. The van der Waals surface area contributed by atoms with Crippen molar-refractivity contribution < 1.29 is 26.1 Å². The lowest BCUT2D eigenvalue weighted by Crippen LogP contribution is -2.46. The van der Waals surface area contributed by atoms with Gasteiger partial charge < -0.3 is 9.42 Å². The molecule has 0 atom stereocenters. The number of fused-ring (bicyclic) bond motifs is 1. The lowest BCUT2D eigenvalue weighted by molar-refractivity contribution is -0.137. The van der Waals surface area contributed by atoms with E-state index in [2.05, 4.69) is 19.7 Å². The van der Waals surface area contributed by atoms with Crippen LogP contribution in [0.25, 0.3) is 11.0 Å². The Morgan fingerprint density at radius 1 is 0.970 bits per heavy atom. The second kappa shape index (κ2) is 9.70. The molecule has 0 amide bonds. The van der Waals surface area contributed by atoms with Gasteiger partial charge in [0.2, 0.25) is 10.0 Å². The van der Waals surface area contributed by atoms with Crippen molar-refractivity contribution in [1.29, 1.82) is 0 Å². The summed E-state index contributed by atoms with van der Waals surface area (Å²) in [5.41, 5.74) is -0.105. The van der Waals surface area contributed by atoms with Crippen molar-refractivity contribution in [3.63, 3.8) is 0 Å². The summed E-state index contributed by atoms with van der Waals surface area (Å²) < 4.78 is 70.3. The maximum Gasteiger partial charge on any atom is 0.416 e. The van der Waals surface area contributed by atoms with Crippen LogP contribution in [-0.2, 0) is 16.2 Å². The van der Waals surface area contributed by atoms with Gasteiger partial charge in [-0.25, -0.2) is 13.1 Å². The van der Waals surface area contributed by atoms with Crippen LogP contribution in [0.2, 0.25) is 0 Å². The zero-order valence-electron chi connectivity index (χ0n) is 17.9. The molecule has 0 saturated carbocycles. The van der Waals surface area contributed by atoms with Crippen LogP contribution in [0.1, 0.15) is 18.4 Å². The summed E-state index contributed by atoms with van der Waals surface area (Å²) in [5.74, 6) is 0.864. The minimum atomic E-state index is -4.50. The molecule has 4 rings (SSSR count). The molecule has 0 aliphatic carbocycles. The van der Waals surface area contributed by atoms with E-state index in [4.69, 9.17) is 4.52 Å². The molecule has 1 aromatic heterocycles. The highest BCUT2D eigenvalue weighted by atomic mass is 32.2. The number of rotatable bonds is 8. The first-order chi connectivity index (χ1) is 15.7. The molecule has 1 N–H and O–H groups in total. The number of piperazine rings is 1. The number of sulfonamides is 1. The largest absolute Gasteiger partial charge is 0.416 e. The first kappa shape index (κ1) is 23.5. The topological polar surface area (TPSA) is 78.7 Å². The summed E-state index contributed by atoms with van der Waals surface area (Å²) in [6.07, 6.45) is -3.06. The zero-order valence-corrected chi connectivity index (χ0v) is 18.7. The predicted octanol–water partition coefficient (Wildman–Crippen LogP) is 3.73. The standard InChI is InChI=1S/C22H25F3N4O3S/c23-22(24,25)17-7-9-18(10-8-17)33(30,31)26-11-3-4-12-28-13-15-29(16-14-28)21-19-5-1-2-6-20(19)32-27-21/h1-2,5-10,26H,3-4,11-16H2. The number of nitrogens with one attached hydrogen (secondary N) is 1.